The quantitative estimate of drug-likeness (QED) is 0.365. The Balaban J connectivity index is 2.10. The molecular weight excluding hydrogens is 298 g/mol. The van der Waals surface area contributed by atoms with Crippen LogP contribution < -0.4 is 10.6 Å². The highest BCUT2D eigenvalue weighted by molar-refractivity contribution is 5.79. The van der Waals surface area contributed by atoms with Gasteiger partial charge in [-0.25, -0.2) is 0 Å². The summed E-state index contributed by atoms with van der Waals surface area (Å²) in [6, 6.07) is 0.495. The zero-order chi connectivity index (χ0) is 17.6. The largest absolute Gasteiger partial charge is 0.356 e. The number of hydrogen-bond donors (Lipinski definition) is 2. The number of unbranched alkanes of at least 4 members (excludes halogenated alkanes) is 3. The fourth-order valence-corrected chi connectivity index (χ4v) is 3.21. The monoisotopic (exact) mass is 339 g/mol. The first-order valence-corrected chi connectivity index (χ1v) is 10.0. The van der Waals surface area contributed by atoms with E-state index in [0.29, 0.717) is 6.04 Å². The Kier molecular flexibility index (Phi) is 11.9. The first-order valence-electron chi connectivity index (χ1n) is 10.0. The summed E-state index contributed by atoms with van der Waals surface area (Å²) in [5.41, 5.74) is 0. The summed E-state index contributed by atoms with van der Waals surface area (Å²) in [5, 5.41) is 6.98. The normalized spacial score (nSPS) is 19.1. The fourth-order valence-electron chi connectivity index (χ4n) is 3.21. The average Bonchev–Trinajstić information content (AvgIpc) is 2.79. The van der Waals surface area contributed by atoms with Gasteiger partial charge in [-0.1, -0.05) is 32.6 Å². The lowest BCUT2D eigenvalue weighted by atomic mass is 10.1. The highest BCUT2D eigenvalue weighted by atomic mass is 15.2. The second-order valence-electron chi connectivity index (χ2n) is 7.25. The van der Waals surface area contributed by atoms with Crippen molar-refractivity contribution in [2.45, 2.75) is 64.8 Å². The molecule has 0 aromatic rings. The molecule has 1 atom stereocenters. The summed E-state index contributed by atoms with van der Waals surface area (Å²) in [5.74, 6) is 0.952. The Morgan fingerprint density at radius 2 is 1.92 bits per heavy atom. The van der Waals surface area contributed by atoms with Crippen molar-refractivity contribution < 1.29 is 0 Å². The summed E-state index contributed by atoms with van der Waals surface area (Å²) in [4.78, 5) is 9.39. The van der Waals surface area contributed by atoms with Crippen LogP contribution in [0, 0.1) is 0 Å². The van der Waals surface area contributed by atoms with Crippen molar-refractivity contribution >= 4 is 5.96 Å². The molecule has 24 heavy (non-hydrogen) atoms. The minimum absolute atomic E-state index is 0.495. The van der Waals surface area contributed by atoms with Gasteiger partial charge in [-0.3, -0.25) is 4.99 Å². The molecule has 5 nitrogen and oxygen atoms in total. The molecule has 0 amide bonds. The highest BCUT2D eigenvalue weighted by Gasteiger charge is 2.11. The topological polar surface area (TPSA) is 42.9 Å². The second kappa shape index (κ2) is 13.5. The number of likely N-dealkylation sites (N-methyl/N-ethyl adjacent to an activating group) is 1. The van der Waals surface area contributed by atoms with E-state index >= 15 is 0 Å². The molecular formula is C19H41N5. The molecule has 0 spiro atoms. The van der Waals surface area contributed by atoms with Crippen LogP contribution >= 0.6 is 0 Å². The van der Waals surface area contributed by atoms with Gasteiger partial charge >= 0.3 is 0 Å². The molecule has 1 aliphatic rings. The van der Waals surface area contributed by atoms with E-state index in [2.05, 4.69) is 46.3 Å². The van der Waals surface area contributed by atoms with Crippen molar-refractivity contribution in [1.29, 1.82) is 0 Å². The molecule has 0 bridgehead atoms. The van der Waals surface area contributed by atoms with Crippen LogP contribution in [0.15, 0.2) is 4.99 Å². The predicted octanol–water partition coefficient (Wildman–Crippen LogP) is 2.54. The molecule has 0 saturated carbocycles. The van der Waals surface area contributed by atoms with Crippen LogP contribution in [0.3, 0.4) is 0 Å². The molecule has 0 aliphatic carbocycles. The molecule has 1 fully saturated rings. The maximum Gasteiger partial charge on any atom is 0.191 e. The third-order valence-corrected chi connectivity index (χ3v) is 4.85. The number of guanidine groups is 1. The van der Waals surface area contributed by atoms with E-state index in [0.717, 1.165) is 12.5 Å². The third-order valence-electron chi connectivity index (χ3n) is 4.85. The first kappa shape index (κ1) is 21.2. The molecule has 1 heterocycles. The van der Waals surface area contributed by atoms with Crippen LogP contribution in [0.1, 0.15) is 58.8 Å². The maximum atomic E-state index is 4.36. The summed E-state index contributed by atoms with van der Waals surface area (Å²) < 4.78 is 0. The van der Waals surface area contributed by atoms with Gasteiger partial charge in [0.15, 0.2) is 5.96 Å². The zero-order valence-electron chi connectivity index (χ0n) is 16.6. The van der Waals surface area contributed by atoms with E-state index in [4.69, 9.17) is 0 Å². The van der Waals surface area contributed by atoms with Gasteiger partial charge in [0, 0.05) is 32.7 Å². The van der Waals surface area contributed by atoms with Crippen molar-refractivity contribution in [3.05, 3.63) is 0 Å². The lowest BCUT2D eigenvalue weighted by molar-refractivity contribution is 0.274. The molecule has 2 N–H and O–H groups in total. The van der Waals surface area contributed by atoms with Gasteiger partial charge in [-0.2, -0.15) is 0 Å². The smallest absolute Gasteiger partial charge is 0.191 e. The summed E-state index contributed by atoms with van der Waals surface area (Å²) in [6.45, 7) is 11.6. The van der Waals surface area contributed by atoms with Crippen LogP contribution in [0.25, 0.3) is 0 Å². The number of nitrogens with one attached hydrogen (secondary N) is 2. The van der Waals surface area contributed by atoms with Crippen molar-refractivity contribution in [3.8, 4) is 0 Å². The van der Waals surface area contributed by atoms with Crippen molar-refractivity contribution in [2.24, 2.45) is 4.99 Å². The van der Waals surface area contributed by atoms with Crippen LogP contribution in [0.5, 0.6) is 0 Å². The van der Waals surface area contributed by atoms with Crippen molar-refractivity contribution in [1.82, 2.24) is 20.4 Å². The number of rotatable bonds is 10. The Morgan fingerprint density at radius 1 is 1.08 bits per heavy atom. The van der Waals surface area contributed by atoms with Crippen LogP contribution in [-0.2, 0) is 0 Å². The van der Waals surface area contributed by atoms with E-state index in [1.54, 1.807) is 0 Å². The zero-order valence-corrected chi connectivity index (χ0v) is 16.6. The minimum atomic E-state index is 0.495. The molecule has 0 aromatic heterocycles. The molecule has 1 rings (SSSR count). The highest BCUT2D eigenvalue weighted by Crippen LogP contribution is 2.05. The molecule has 0 aromatic carbocycles. The molecule has 5 heteroatoms. The Hall–Kier alpha value is -0.810. The molecule has 142 valence electrons. The molecule has 1 saturated heterocycles. The number of aliphatic imine (C=N–C) groups is 1. The number of hydrogen-bond acceptors (Lipinski definition) is 3. The molecule has 1 aliphatic heterocycles. The van der Waals surface area contributed by atoms with E-state index < -0.39 is 0 Å². The van der Waals surface area contributed by atoms with Gasteiger partial charge < -0.3 is 20.4 Å². The summed E-state index contributed by atoms with van der Waals surface area (Å²) >= 11 is 0. The van der Waals surface area contributed by atoms with E-state index in [1.165, 1.54) is 77.7 Å². The minimum Gasteiger partial charge on any atom is -0.356 e. The maximum absolute atomic E-state index is 4.36. The number of nitrogens with zero attached hydrogens (tertiary/aromatic N) is 3. The van der Waals surface area contributed by atoms with Crippen molar-refractivity contribution in [2.75, 3.05) is 53.4 Å². The van der Waals surface area contributed by atoms with E-state index in [-0.39, 0.29) is 0 Å². The van der Waals surface area contributed by atoms with Crippen LogP contribution in [0.2, 0.25) is 0 Å². The van der Waals surface area contributed by atoms with Gasteiger partial charge in [-0.05, 0) is 52.9 Å². The lowest BCUT2D eigenvalue weighted by Crippen LogP contribution is -2.43. The van der Waals surface area contributed by atoms with E-state index in [1.807, 2.05) is 7.05 Å². The Morgan fingerprint density at radius 3 is 2.67 bits per heavy atom. The van der Waals surface area contributed by atoms with Gasteiger partial charge in [-0.15, -0.1) is 0 Å². The Labute approximate surface area is 150 Å². The van der Waals surface area contributed by atoms with Gasteiger partial charge in [0.25, 0.3) is 0 Å². The molecule has 0 radical (unpaired) electrons. The fraction of sp³-hybridized carbons (Fsp3) is 0.947. The van der Waals surface area contributed by atoms with Crippen LogP contribution in [-0.4, -0.2) is 75.2 Å². The van der Waals surface area contributed by atoms with Crippen LogP contribution in [0.4, 0.5) is 0 Å². The van der Waals surface area contributed by atoms with Gasteiger partial charge in [0.2, 0.25) is 0 Å². The third kappa shape index (κ3) is 10.1. The first-order chi connectivity index (χ1) is 11.7. The second-order valence-corrected chi connectivity index (χ2v) is 7.25. The summed E-state index contributed by atoms with van der Waals surface area (Å²) in [7, 11) is 4.09. The van der Waals surface area contributed by atoms with Crippen molar-refractivity contribution in [3.63, 3.8) is 0 Å². The van der Waals surface area contributed by atoms with Gasteiger partial charge in [0.1, 0.15) is 0 Å². The lowest BCUT2D eigenvalue weighted by Gasteiger charge is -2.21. The van der Waals surface area contributed by atoms with Gasteiger partial charge in [0.05, 0.1) is 0 Å². The Bertz CT molecular complexity index is 332. The standard InChI is InChI=1S/C19H41N5/c1-5-6-7-8-11-18(2)22-19(20-3)21-12-9-14-24-15-10-13-23(4)16-17-24/h18H,5-17H2,1-4H3,(H2,20,21,22). The average molecular weight is 340 g/mol. The predicted molar refractivity (Wildman–Crippen MR) is 106 cm³/mol. The molecule has 1 unspecified atom stereocenters. The van der Waals surface area contributed by atoms with E-state index in [9.17, 15) is 0 Å². The SMILES string of the molecule is CCCCCCC(C)NC(=NC)NCCCN1CCCN(C)CC1. The summed E-state index contributed by atoms with van der Waals surface area (Å²) in [6.07, 6.45) is 9.01.